The molecule has 5 heteroatoms. The van der Waals surface area contributed by atoms with Crippen molar-refractivity contribution >= 4 is 33.3 Å². The minimum Gasteiger partial charge on any atom is -0.326 e. The van der Waals surface area contributed by atoms with E-state index in [9.17, 15) is 4.79 Å². The number of pyridine rings is 1. The maximum absolute atomic E-state index is 12.1. The number of fused-ring (bicyclic) bond motifs is 1. The summed E-state index contributed by atoms with van der Waals surface area (Å²) in [6.07, 6.45) is 4.05. The summed E-state index contributed by atoms with van der Waals surface area (Å²) in [4.78, 5) is 22.0. The standard InChI is InChI=1S/C22H19N3OS/c26-20(10-4-8-16-6-2-1-3-7-16)24-18-13-11-17(12-14-18)21-25-19-9-5-15-23-22(19)27-21/h1-3,5-7,9,11-15H,4,8,10H2,(H,24,26). The average molecular weight is 373 g/mol. The first-order valence-electron chi connectivity index (χ1n) is 8.94. The number of nitrogens with zero attached hydrogens (tertiary/aromatic N) is 2. The van der Waals surface area contributed by atoms with Gasteiger partial charge in [-0.3, -0.25) is 4.79 Å². The van der Waals surface area contributed by atoms with Crippen molar-refractivity contribution in [3.05, 3.63) is 78.5 Å². The van der Waals surface area contributed by atoms with Crippen LogP contribution >= 0.6 is 11.3 Å². The van der Waals surface area contributed by atoms with Gasteiger partial charge in [0.15, 0.2) is 0 Å². The molecular formula is C22H19N3OS. The number of benzene rings is 2. The molecule has 2 aromatic carbocycles. The van der Waals surface area contributed by atoms with Gasteiger partial charge in [-0.2, -0.15) is 0 Å². The van der Waals surface area contributed by atoms with Crippen LogP contribution in [0.3, 0.4) is 0 Å². The number of anilines is 1. The Labute approximate surface area is 161 Å². The van der Waals surface area contributed by atoms with E-state index in [1.165, 1.54) is 5.56 Å². The lowest BCUT2D eigenvalue weighted by atomic mass is 10.1. The van der Waals surface area contributed by atoms with Crippen molar-refractivity contribution in [1.82, 2.24) is 9.97 Å². The van der Waals surface area contributed by atoms with Crippen molar-refractivity contribution in [1.29, 1.82) is 0 Å². The van der Waals surface area contributed by atoms with Crippen LogP contribution in [0.4, 0.5) is 5.69 Å². The van der Waals surface area contributed by atoms with Crippen LogP contribution in [0, 0.1) is 0 Å². The Morgan fingerprint density at radius 1 is 0.963 bits per heavy atom. The maximum atomic E-state index is 12.1. The molecule has 0 saturated carbocycles. The number of carbonyl (C=O) groups excluding carboxylic acids is 1. The van der Waals surface area contributed by atoms with Crippen LogP contribution in [-0.4, -0.2) is 15.9 Å². The van der Waals surface area contributed by atoms with E-state index in [0.29, 0.717) is 6.42 Å². The molecule has 0 unspecified atom stereocenters. The Morgan fingerprint density at radius 2 is 1.78 bits per heavy atom. The lowest BCUT2D eigenvalue weighted by Gasteiger charge is -2.06. The molecule has 0 atom stereocenters. The molecule has 1 amide bonds. The molecule has 1 N–H and O–H groups in total. The van der Waals surface area contributed by atoms with Gasteiger partial charge in [-0.05, 0) is 54.8 Å². The Hall–Kier alpha value is -3.05. The smallest absolute Gasteiger partial charge is 0.224 e. The van der Waals surface area contributed by atoms with Crippen LogP contribution in [0.5, 0.6) is 0 Å². The Bertz CT molecular complexity index is 1010. The van der Waals surface area contributed by atoms with Gasteiger partial charge in [0.1, 0.15) is 15.4 Å². The highest BCUT2D eigenvalue weighted by atomic mass is 32.1. The van der Waals surface area contributed by atoms with E-state index in [4.69, 9.17) is 0 Å². The highest BCUT2D eigenvalue weighted by molar-refractivity contribution is 7.21. The zero-order chi connectivity index (χ0) is 18.5. The van der Waals surface area contributed by atoms with Gasteiger partial charge in [-0.15, -0.1) is 0 Å². The fourth-order valence-corrected chi connectivity index (χ4v) is 3.82. The van der Waals surface area contributed by atoms with Gasteiger partial charge in [0.25, 0.3) is 0 Å². The molecule has 0 aliphatic carbocycles. The first-order chi connectivity index (χ1) is 13.3. The topological polar surface area (TPSA) is 54.9 Å². The summed E-state index contributed by atoms with van der Waals surface area (Å²) in [5, 5.41) is 3.90. The van der Waals surface area contributed by atoms with E-state index in [2.05, 4.69) is 27.4 Å². The number of rotatable bonds is 6. The third-order valence-electron chi connectivity index (χ3n) is 4.29. The number of aromatic nitrogens is 2. The van der Waals surface area contributed by atoms with Crippen LogP contribution in [0.2, 0.25) is 0 Å². The molecule has 0 saturated heterocycles. The summed E-state index contributed by atoms with van der Waals surface area (Å²) in [7, 11) is 0. The number of thiazole rings is 1. The van der Waals surface area contributed by atoms with Crippen LogP contribution in [0.1, 0.15) is 18.4 Å². The molecule has 27 heavy (non-hydrogen) atoms. The second-order valence-electron chi connectivity index (χ2n) is 6.31. The summed E-state index contributed by atoms with van der Waals surface area (Å²) in [5.74, 6) is 0.0443. The van der Waals surface area contributed by atoms with Gasteiger partial charge in [0.05, 0.1) is 0 Å². The molecule has 0 fully saturated rings. The zero-order valence-corrected chi connectivity index (χ0v) is 15.6. The molecular weight excluding hydrogens is 354 g/mol. The molecule has 4 nitrogen and oxygen atoms in total. The molecule has 0 aliphatic heterocycles. The number of hydrogen-bond donors (Lipinski definition) is 1. The van der Waals surface area contributed by atoms with Crippen LogP contribution < -0.4 is 5.32 Å². The summed E-state index contributed by atoms with van der Waals surface area (Å²) in [6.45, 7) is 0. The minimum atomic E-state index is 0.0443. The molecule has 4 rings (SSSR count). The monoisotopic (exact) mass is 373 g/mol. The normalized spacial score (nSPS) is 10.8. The number of aryl methyl sites for hydroxylation is 1. The molecule has 134 valence electrons. The predicted octanol–water partition coefficient (Wildman–Crippen LogP) is 5.32. The maximum Gasteiger partial charge on any atom is 0.224 e. The minimum absolute atomic E-state index is 0.0443. The number of nitrogens with one attached hydrogen (secondary N) is 1. The van der Waals surface area contributed by atoms with Crippen molar-refractivity contribution in [3.8, 4) is 10.6 Å². The third kappa shape index (κ3) is 4.38. The van der Waals surface area contributed by atoms with Crippen LogP contribution in [0.15, 0.2) is 72.9 Å². The summed E-state index contributed by atoms with van der Waals surface area (Å²) < 4.78 is 0. The van der Waals surface area contributed by atoms with E-state index in [-0.39, 0.29) is 5.91 Å². The van der Waals surface area contributed by atoms with Crippen LogP contribution in [-0.2, 0) is 11.2 Å². The first-order valence-corrected chi connectivity index (χ1v) is 9.75. The first kappa shape index (κ1) is 17.4. The molecule has 0 radical (unpaired) electrons. The number of hydrogen-bond acceptors (Lipinski definition) is 4. The lowest BCUT2D eigenvalue weighted by molar-refractivity contribution is -0.116. The molecule has 0 bridgehead atoms. The Balaban J connectivity index is 1.34. The summed E-state index contributed by atoms with van der Waals surface area (Å²) in [5.41, 5.74) is 4.01. The van der Waals surface area contributed by atoms with Crippen molar-refractivity contribution in [2.75, 3.05) is 5.32 Å². The Kier molecular flexibility index (Phi) is 5.21. The number of amides is 1. The zero-order valence-electron chi connectivity index (χ0n) is 14.8. The van der Waals surface area contributed by atoms with E-state index in [1.54, 1.807) is 17.5 Å². The Morgan fingerprint density at radius 3 is 2.56 bits per heavy atom. The predicted molar refractivity (Wildman–Crippen MR) is 111 cm³/mol. The highest BCUT2D eigenvalue weighted by Crippen LogP contribution is 2.29. The van der Waals surface area contributed by atoms with Crippen molar-refractivity contribution < 1.29 is 4.79 Å². The largest absolute Gasteiger partial charge is 0.326 e. The molecule has 2 heterocycles. The fraction of sp³-hybridized carbons (Fsp3) is 0.136. The van der Waals surface area contributed by atoms with Gasteiger partial charge in [0, 0.05) is 23.9 Å². The SMILES string of the molecule is O=C(CCCc1ccccc1)Nc1ccc(-c2nc3cccnc3s2)cc1. The fourth-order valence-electron chi connectivity index (χ4n) is 2.91. The van der Waals surface area contributed by atoms with Gasteiger partial charge in [-0.1, -0.05) is 41.7 Å². The summed E-state index contributed by atoms with van der Waals surface area (Å²) in [6, 6.07) is 21.9. The number of carbonyl (C=O) groups is 1. The molecule has 0 spiro atoms. The quantitative estimate of drug-likeness (QED) is 0.498. The van der Waals surface area contributed by atoms with Crippen molar-refractivity contribution in [2.45, 2.75) is 19.3 Å². The van der Waals surface area contributed by atoms with Gasteiger partial charge in [0.2, 0.25) is 5.91 Å². The summed E-state index contributed by atoms with van der Waals surface area (Å²) >= 11 is 1.57. The van der Waals surface area contributed by atoms with Crippen molar-refractivity contribution in [3.63, 3.8) is 0 Å². The van der Waals surface area contributed by atoms with Gasteiger partial charge >= 0.3 is 0 Å². The van der Waals surface area contributed by atoms with Gasteiger partial charge in [-0.25, -0.2) is 9.97 Å². The molecule has 0 aliphatic rings. The second-order valence-corrected chi connectivity index (χ2v) is 7.29. The van der Waals surface area contributed by atoms with Crippen LogP contribution in [0.25, 0.3) is 20.9 Å². The lowest BCUT2D eigenvalue weighted by Crippen LogP contribution is -2.11. The van der Waals surface area contributed by atoms with E-state index < -0.39 is 0 Å². The van der Waals surface area contributed by atoms with Crippen molar-refractivity contribution in [2.24, 2.45) is 0 Å². The van der Waals surface area contributed by atoms with E-state index in [1.807, 2.05) is 54.6 Å². The second kappa shape index (κ2) is 8.10. The van der Waals surface area contributed by atoms with E-state index in [0.717, 1.165) is 39.4 Å². The third-order valence-corrected chi connectivity index (χ3v) is 5.32. The highest BCUT2D eigenvalue weighted by Gasteiger charge is 2.08. The molecule has 2 aromatic heterocycles. The molecule has 4 aromatic rings. The van der Waals surface area contributed by atoms with Gasteiger partial charge < -0.3 is 5.32 Å². The van der Waals surface area contributed by atoms with E-state index >= 15 is 0 Å². The average Bonchev–Trinajstić information content (AvgIpc) is 3.13.